The van der Waals surface area contributed by atoms with Gasteiger partial charge in [-0.1, -0.05) is 48.5 Å². The maximum absolute atomic E-state index is 5.10. The van der Waals surface area contributed by atoms with Gasteiger partial charge < -0.3 is 4.57 Å². The minimum Gasteiger partial charge on any atom is -0.332 e. The van der Waals surface area contributed by atoms with Crippen LogP contribution >= 0.6 is 0 Å². The number of rotatable bonds is 1. The zero-order chi connectivity index (χ0) is 20.4. The van der Waals surface area contributed by atoms with Gasteiger partial charge in [0.25, 0.3) is 0 Å². The molecule has 3 heteroatoms. The molecule has 6 rings (SSSR count). The zero-order valence-corrected chi connectivity index (χ0v) is 17.3. The Balaban J connectivity index is 1.62. The molecule has 0 spiro atoms. The molecular formula is C27H21N3. The van der Waals surface area contributed by atoms with Crippen LogP contribution in [0.5, 0.6) is 0 Å². The summed E-state index contributed by atoms with van der Waals surface area (Å²) in [6, 6.07) is 25.9. The summed E-state index contributed by atoms with van der Waals surface area (Å²) in [6.45, 7) is 4.23. The second-order valence-electron chi connectivity index (χ2n) is 8.09. The van der Waals surface area contributed by atoms with Crippen LogP contribution in [0.15, 0.2) is 82.8 Å². The van der Waals surface area contributed by atoms with Gasteiger partial charge in [0.1, 0.15) is 5.82 Å². The van der Waals surface area contributed by atoms with Crippen molar-refractivity contribution in [2.45, 2.75) is 13.8 Å². The third-order valence-electron chi connectivity index (χ3n) is 6.34. The third-order valence-corrected chi connectivity index (χ3v) is 6.34. The molecule has 30 heavy (non-hydrogen) atoms. The average molecular weight is 387 g/mol. The van der Waals surface area contributed by atoms with E-state index in [1.54, 1.807) is 0 Å². The highest BCUT2D eigenvalue weighted by Gasteiger charge is 2.21. The summed E-state index contributed by atoms with van der Waals surface area (Å²) in [4.78, 5) is 9.95. The second kappa shape index (κ2) is 6.14. The fourth-order valence-electron chi connectivity index (χ4n) is 4.57. The summed E-state index contributed by atoms with van der Waals surface area (Å²) in [5, 5.41) is 7.35. The molecule has 4 aromatic carbocycles. The molecule has 144 valence electrons. The number of fused-ring (bicyclic) bond motifs is 4. The Morgan fingerprint density at radius 1 is 0.700 bits per heavy atom. The first-order valence-electron chi connectivity index (χ1n) is 10.3. The molecule has 1 aliphatic rings. The van der Waals surface area contributed by atoms with Crippen LogP contribution in [0.3, 0.4) is 0 Å². The van der Waals surface area contributed by atoms with E-state index in [4.69, 9.17) is 9.98 Å². The first-order chi connectivity index (χ1) is 14.6. The number of aryl methyl sites for hydroxylation is 1. The summed E-state index contributed by atoms with van der Waals surface area (Å²) in [6.07, 6.45) is 0. The molecule has 1 aliphatic heterocycles. The van der Waals surface area contributed by atoms with E-state index in [0.29, 0.717) is 0 Å². The van der Waals surface area contributed by atoms with Gasteiger partial charge in [-0.25, -0.2) is 9.98 Å². The van der Waals surface area contributed by atoms with Crippen LogP contribution in [0.2, 0.25) is 0 Å². The molecule has 0 radical (unpaired) electrons. The predicted molar refractivity (Wildman–Crippen MR) is 128 cm³/mol. The van der Waals surface area contributed by atoms with E-state index in [0.717, 1.165) is 22.9 Å². The van der Waals surface area contributed by atoms with Gasteiger partial charge in [0.15, 0.2) is 5.84 Å². The standard InChI is InChI=1S/C27H21N3/c1-16-22-12-18-8-4-6-10-20(18)14-24(22)26(28-16)29-27-25-15-21-11-7-5-9-19(21)13-23(25)17(2)30(27)3/h4-15H,1-3H3/b29-26-. The third kappa shape index (κ3) is 2.38. The molecule has 0 saturated carbocycles. The normalized spacial score (nSPS) is 14.8. The Morgan fingerprint density at radius 2 is 1.23 bits per heavy atom. The zero-order valence-electron chi connectivity index (χ0n) is 17.3. The highest BCUT2D eigenvalue weighted by atomic mass is 15.1. The molecule has 0 bridgehead atoms. The summed E-state index contributed by atoms with van der Waals surface area (Å²) < 4.78 is 2.18. The van der Waals surface area contributed by atoms with E-state index < -0.39 is 0 Å². The second-order valence-corrected chi connectivity index (χ2v) is 8.09. The van der Waals surface area contributed by atoms with Crippen LogP contribution < -0.4 is 0 Å². The fourth-order valence-corrected chi connectivity index (χ4v) is 4.57. The van der Waals surface area contributed by atoms with Crippen LogP contribution in [0.4, 0.5) is 5.82 Å². The van der Waals surface area contributed by atoms with E-state index >= 15 is 0 Å². The fraction of sp³-hybridized carbons (Fsp3) is 0.111. The van der Waals surface area contributed by atoms with E-state index in [-0.39, 0.29) is 0 Å². The quantitative estimate of drug-likeness (QED) is 0.306. The van der Waals surface area contributed by atoms with E-state index in [9.17, 15) is 0 Å². The van der Waals surface area contributed by atoms with Crippen molar-refractivity contribution in [3.63, 3.8) is 0 Å². The largest absolute Gasteiger partial charge is 0.332 e. The van der Waals surface area contributed by atoms with Crippen molar-refractivity contribution in [2.75, 3.05) is 0 Å². The van der Waals surface area contributed by atoms with Crippen LogP contribution in [0.1, 0.15) is 23.7 Å². The van der Waals surface area contributed by atoms with E-state index in [1.165, 1.54) is 43.6 Å². The number of hydrogen-bond donors (Lipinski definition) is 0. The first kappa shape index (κ1) is 17.2. The number of nitrogens with zero attached hydrogens (tertiary/aromatic N) is 3. The minimum atomic E-state index is 0.795. The molecule has 0 fully saturated rings. The molecule has 0 atom stereocenters. The lowest BCUT2D eigenvalue weighted by molar-refractivity contribution is 0.888. The number of hydrogen-bond acceptors (Lipinski definition) is 1. The summed E-state index contributed by atoms with van der Waals surface area (Å²) >= 11 is 0. The van der Waals surface area contributed by atoms with Gasteiger partial charge in [-0.05, 0) is 59.7 Å². The smallest absolute Gasteiger partial charge is 0.162 e. The number of amidine groups is 1. The highest BCUT2D eigenvalue weighted by molar-refractivity contribution is 6.24. The van der Waals surface area contributed by atoms with Gasteiger partial charge >= 0.3 is 0 Å². The van der Waals surface area contributed by atoms with Gasteiger partial charge in [0.2, 0.25) is 0 Å². The lowest BCUT2D eigenvalue weighted by atomic mass is 10.00. The molecule has 0 saturated heterocycles. The molecule has 2 heterocycles. The molecular weight excluding hydrogens is 366 g/mol. The summed E-state index contributed by atoms with van der Waals surface area (Å²) in [7, 11) is 2.09. The Bertz CT molecular complexity index is 1560. The molecule has 1 aromatic heterocycles. The van der Waals surface area contributed by atoms with Gasteiger partial charge in [-0.2, -0.15) is 0 Å². The van der Waals surface area contributed by atoms with Gasteiger partial charge in [-0.3, -0.25) is 0 Å². The minimum absolute atomic E-state index is 0.795. The molecule has 5 aromatic rings. The van der Waals surface area contributed by atoms with Gasteiger partial charge in [0, 0.05) is 40.4 Å². The Hall–Kier alpha value is -3.72. The number of aromatic nitrogens is 1. The van der Waals surface area contributed by atoms with Gasteiger partial charge in [0.05, 0.1) is 0 Å². The maximum atomic E-state index is 5.10. The SMILES string of the molecule is CC1=N/C(=N\c2c3cc4ccccc4cc3c(C)n2C)c2cc3ccccc3cc21. The Labute approximate surface area is 175 Å². The molecule has 0 unspecified atom stereocenters. The molecule has 3 nitrogen and oxygen atoms in total. The van der Waals surface area contributed by atoms with Crippen molar-refractivity contribution in [2.24, 2.45) is 17.0 Å². The molecule has 0 aliphatic carbocycles. The topological polar surface area (TPSA) is 29.6 Å². The van der Waals surface area contributed by atoms with Crippen LogP contribution in [-0.4, -0.2) is 16.1 Å². The van der Waals surface area contributed by atoms with E-state index in [2.05, 4.69) is 98.3 Å². The van der Waals surface area contributed by atoms with Crippen molar-refractivity contribution in [3.05, 3.63) is 89.6 Å². The highest BCUT2D eigenvalue weighted by Crippen LogP contribution is 2.36. The van der Waals surface area contributed by atoms with Crippen molar-refractivity contribution in [1.82, 2.24) is 4.57 Å². The maximum Gasteiger partial charge on any atom is 0.162 e. The Kier molecular flexibility index (Phi) is 3.51. The van der Waals surface area contributed by atoms with Crippen LogP contribution in [0.25, 0.3) is 32.3 Å². The molecule has 0 N–H and O–H groups in total. The van der Waals surface area contributed by atoms with Crippen LogP contribution in [0, 0.1) is 6.92 Å². The number of benzene rings is 4. The average Bonchev–Trinajstić information content (AvgIpc) is 3.19. The number of aliphatic imine (C=N–C) groups is 2. The first-order valence-corrected chi connectivity index (χ1v) is 10.3. The van der Waals surface area contributed by atoms with Crippen molar-refractivity contribution < 1.29 is 0 Å². The summed E-state index contributed by atoms with van der Waals surface area (Å²) in [5.41, 5.74) is 4.52. The van der Waals surface area contributed by atoms with Crippen molar-refractivity contribution in [3.8, 4) is 0 Å². The van der Waals surface area contributed by atoms with Crippen molar-refractivity contribution >= 4 is 49.7 Å². The predicted octanol–water partition coefficient (Wildman–Crippen LogP) is 6.69. The van der Waals surface area contributed by atoms with Gasteiger partial charge in [-0.15, -0.1) is 0 Å². The molecule has 0 amide bonds. The Morgan fingerprint density at radius 3 is 1.87 bits per heavy atom. The van der Waals surface area contributed by atoms with Crippen molar-refractivity contribution in [1.29, 1.82) is 0 Å². The summed E-state index contributed by atoms with van der Waals surface area (Å²) in [5.74, 6) is 1.75. The van der Waals surface area contributed by atoms with Crippen LogP contribution in [-0.2, 0) is 7.05 Å². The monoisotopic (exact) mass is 387 g/mol. The van der Waals surface area contributed by atoms with E-state index in [1.807, 2.05) is 0 Å². The lowest BCUT2D eigenvalue weighted by Crippen LogP contribution is -1.97. The lowest BCUT2D eigenvalue weighted by Gasteiger charge is -2.05.